The molecule has 5 atom stereocenters. The van der Waals surface area contributed by atoms with Gasteiger partial charge in [0, 0.05) is 5.92 Å². The molecule has 0 saturated carbocycles. The van der Waals surface area contributed by atoms with Crippen molar-refractivity contribution in [3.63, 3.8) is 0 Å². The van der Waals surface area contributed by atoms with Crippen LogP contribution in [0.15, 0.2) is 24.3 Å². The number of aromatic hydroxyl groups is 1. The molecule has 0 spiro atoms. The second-order valence-corrected chi connectivity index (χ2v) is 4.94. The highest BCUT2D eigenvalue weighted by Crippen LogP contribution is 2.36. The quantitative estimate of drug-likeness (QED) is 0.747. The summed E-state index contributed by atoms with van der Waals surface area (Å²) in [6, 6.07) is 6.60. The first-order valence-electron chi connectivity index (χ1n) is 6.35. The number of aliphatic hydroxyl groups excluding tert-OH is 2. The Kier molecular flexibility index (Phi) is 3.90. The summed E-state index contributed by atoms with van der Waals surface area (Å²) in [5, 5.41) is 29.6. The van der Waals surface area contributed by atoms with E-state index in [1.807, 2.05) is 13.8 Å². The zero-order valence-electron chi connectivity index (χ0n) is 10.7. The van der Waals surface area contributed by atoms with Crippen LogP contribution < -0.4 is 0 Å². The van der Waals surface area contributed by atoms with Crippen molar-refractivity contribution in [2.75, 3.05) is 0 Å². The fraction of sp³-hybridized carbons (Fsp3) is 0.571. The molecule has 3 N–H and O–H groups in total. The first-order valence-corrected chi connectivity index (χ1v) is 6.35. The van der Waals surface area contributed by atoms with Crippen LogP contribution in [0.5, 0.6) is 5.75 Å². The van der Waals surface area contributed by atoms with Gasteiger partial charge in [0.15, 0.2) is 0 Å². The molecule has 0 aromatic heterocycles. The van der Waals surface area contributed by atoms with Gasteiger partial charge in [-0.3, -0.25) is 0 Å². The molecule has 100 valence electrons. The van der Waals surface area contributed by atoms with Crippen molar-refractivity contribution >= 4 is 0 Å². The molecule has 0 amide bonds. The minimum atomic E-state index is -0.968. The molecule has 4 heteroatoms. The maximum Gasteiger partial charge on any atom is 0.115 e. The predicted molar refractivity (Wildman–Crippen MR) is 67.2 cm³/mol. The van der Waals surface area contributed by atoms with Gasteiger partial charge in [-0.2, -0.15) is 0 Å². The summed E-state index contributed by atoms with van der Waals surface area (Å²) in [4.78, 5) is 0. The lowest BCUT2D eigenvalue weighted by molar-refractivity contribution is -0.199. The van der Waals surface area contributed by atoms with Crippen LogP contribution in [0.25, 0.3) is 0 Å². The first kappa shape index (κ1) is 13.3. The fourth-order valence-corrected chi connectivity index (χ4v) is 2.55. The van der Waals surface area contributed by atoms with E-state index in [2.05, 4.69) is 0 Å². The fourth-order valence-electron chi connectivity index (χ4n) is 2.55. The number of benzene rings is 1. The van der Waals surface area contributed by atoms with Crippen molar-refractivity contribution < 1.29 is 20.1 Å². The van der Waals surface area contributed by atoms with Gasteiger partial charge in [0.25, 0.3) is 0 Å². The van der Waals surface area contributed by atoms with Gasteiger partial charge in [0.2, 0.25) is 0 Å². The topological polar surface area (TPSA) is 69.9 Å². The molecule has 1 saturated heterocycles. The van der Waals surface area contributed by atoms with E-state index in [-0.39, 0.29) is 17.8 Å². The number of hydrogen-bond donors (Lipinski definition) is 3. The third-order valence-electron chi connectivity index (χ3n) is 3.71. The van der Waals surface area contributed by atoms with Crippen LogP contribution in [0.3, 0.4) is 0 Å². The second kappa shape index (κ2) is 5.26. The molecule has 1 aromatic carbocycles. The molecule has 0 unspecified atom stereocenters. The molecule has 0 bridgehead atoms. The van der Waals surface area contributed by atoms with E-state index in [4.69, 9.17) is 4.74 Å². The Labute approximate surface area is 107 Å². The van der Waals surface area contributed by atoms with Gasteiger partial charge in [-0.1, -0.05) is 26.0 Å². The number of hydrogen-bond acceptors (Lipinski definition) is 4. The molecule has 0 aliphatic carbocycles. The highest BCUT2D eigenvalue weighted by Gasteiger charge is 2.41. The van der Waals surface area contributed by atoms with E-state index in [1.165, 1.54) is 0 Å². The summed E-state index contributed by atoms with van der Waals surface area (Å²) >= 11 is 0. The van der Waals surface area contributed by atoms with Gasteiger partial charge in [-0.05, 0) is 24.1 Å². The van der Waals surface area contributed by atoms with Crippen LogP contribution in [-0.4, -0.2) is 33.6 Å². The van der Waals surface area contributed by atoms with Crippen molar-refractivity contribution in [3.8, 4) is 5.75 Å². The summed E-state index contributed by atoms with van der Waals surface area (Å²) in [6.45, 7) is 3.87. The van der Waals surface area contributed by atoms with E-state index in [1.54, 1.807) is 24.3 Å². The number of phenolic OH excluding ortho intramolecular Hbond substituents is 1. The third-order valence-corrected chi connectivity index (χ3v) is 3.71. The molecular weight excluding hydrogens is 232 g/mol. The predicted octanol–water partition coefficient (Wildman–Crippen LogP) is 1.60. The lowest BCUT2D eigenvalue weighted by Gasteiger charge is -2.41. The lowest BCUT2D eigenvalue weighted by Crippen LogP contribution is -2.49. The Morgan fingerprint density at radius 2 is 1.94 bits per heavy atom. The van der Waals surface area contributed by atoms with Gasteiger partial charge in [-0.15, -0.1) is 0 Å². The minimum absolute atomic E-state index is 0.0873. The maximum atomic E-state index is 10.1. The highest BCUT2D eigenvalue weighted by atomic mass is 16.5. The summed E-state index contributed by atoms with van der Waals surface area (Å²) in [7, 11) is 0. The maximum absolute atomic E-state index is 10.1. The molecule has 4 nitrogen and oxygen atoms in total. The molecule has 1 aliphatic heterocycles. The van der Waals surface area contributed by atoms with Crippen LogP contribution in [0.2, 0.25) is 0 Å². The summed E-state index contributed by atoms with van der Waals surface area (Å²) in [5.74, 6) is 0.0306. The van der Waals surface area contributed by atoms with Crippen molar-refractivity contribution in [2.24, 2.45) is 5.92 Å². The number of rotatable bonds is 2. The molecule has 1 heterocycles. The van der Waals surface area contributed by atoms with Gasteiger partial charge >= 0.3 is 0 Å². The molecule has 1 aromatic rings. The Hall–Kier alpha value is -1.10. The van der Waals surface area contributed by atoms with E-state index in [0.29, 0.717) is 5.56 Å². The van der Waals surface area contributed by atoms with Crippen LogP contribution in [0.4, 0.5) is 0 Å². The van der Waals surface area contributed by atoms with E-state index < -0.39 is 18.3 Å². The van der Waals surface area contributed by atoms with Crippen molar-refractivity contribution in [2.45, 2.75) is 44.7 Å². The average Bonchev–Trinajstić information content (AvgIpc) is 2.36. The Bertz CT molecular complexity index is 405. The zero-order chi connectivity index (χ0) is 13.3. The normalized spacial score (nSPS) is 36.6. The third kappa shape index (κ3) is 2.36. The molecule has 1 aliphatic rings. The molecular formula is C14H20O4. The smallest absolute Gasteiger partial charge is 0.115 e. The number of phenols is 1. The Morgan fingerprint density at radius 1 is 1.22 bits per heavy atom. The summed E-state index contributed by atoms with van der Waals surface area (Å²) < 4.78 is 5.85. The molecule has 1 fully saturated rings. The average molecular weight is 252 g/mol. The summed E-state index contributed by atoms with van der Waals surface area (Å²) in [5.41, 5.74) is 0.687. The van der Waals surface area contributed by atoms with Crippen LogP contribution in [-0.2, 0) is 4.74 Å². The number of aliphatic hydroxyl groups is 2. The molecule has 2 rings (SSSR count). The van der Waals surface area contributed by atoms with Crippen LogP contribution in [0, 0.1) is 5.92 Å². The first-order chi connectivity index (χ1) is 8.54. The van der Waals surface area contributed by atoms with Crippen molar-refractivity contribution in [1.29, 1.82) is 0 Å². The zero-order valence-corrected chi connectivity index (χ0v) is 10.7. The minimum Gasteiger partial charge on any atom is -0.508 e. The van der Waals surface area contributed by atoms with Crippen LogP contribution in [0.1, 0.15) is 31.9 Å². The monoisotopic (exact) mass is 252 g/mol. The van der Waals surface area contributed by atoms with Gasteiger partial charge < -0.3 is 20.1 Å². The lowest BCUT2D eigenvalue weighted by atomic mass is 9.85. The summed E-state index contributed by atoms with van der Waals surface area (Å²) in [6.07, 6.45) is -1.68. The van der Waals surface area contributed by atoms with Crippen molar-refractivity contribution in [3.05, 3.63) is 29.8 Å². The van der Waals surface area contributed by atoms with E-state index in [9.17, 15) is 15.3 Å². The van der Waals surface area contributed by atoms with Crippen LogP contribution >= 0.6 is 0 Å². The van der Waals surface area contributed by atoms with E-state index in [0.717, 1.165) is 6.42 Å². The highest BCUT2D eigenvalue weighted by molar-refractivity contribution is 5.29. The van der Waals surface area contributed by atoms with Gasteiger partial charge in [0.1, 0.15) is 18.0 Å². The molecule has 0 radical (unpaired) electrons. The van der Waals surface area contributed by atoms with E-state index >= 15 is 0 Å². The molecule has 18 heavy (non-hydrogen) atoms. The largest absolute Gasteiger partial charge is 0.508 e. The Balaban J connectivity index is 2.27. The van der Waals surface area contributed by atoms with Crippen molar-refractivity contribution in [1.82, 2.24) is 0 Å². The SMILES string of the molecule is CC[C@H]1O[C@H](c2cccc(O)c2)[C@@H](O)[C@@H](O)[C@@H]1C. The Morgan fingerprint density at radius 3 is 2.56 bits per heavy atom. The number of ether oxygens (including phenoxy) is 1. The second-order valence-electron chi connectivity index (χ2n) is 4.94. The standard InChI is InChI=1S/C14H20O4/c1-3-11-8(2)12(16)13(17)14(18-11)9-5-4-6-10(15)7-9/h4-8,11-17H,3H2,1-2H3/t8-,11-,12+,13+,14-/m1/s1. The van der Waals surface area contributed by atoms with Gasteiger partial charge in [-0.25, -0.2) is 0 Å². The van der Waals surface area contributed by atoms with Gasteiger partial charge in [0.05, 0.1) is 12.2 Å².